The Morgan fingerprint density at radius 2 is 1.51 bits per heavy atom. The zero-order chi connectivity index (χ0) is 26.5. The molecule has 190 valence electrons. The van der Waals surface area contributed by atoms with Crippen molar-refractivity contribution in [2.45, 2.75) is 19.5 Å². The molecule has 0 aliphatic carbocycles. The number of aromatic nitrogens is 2. The lowest BCUT2D eigenvalue weighted by molar-refractivity contribution is -0.139. The first-order valence-electron chi connectivity index (χ1n) is 11.6. The Bertz CT molecular complexity index is 1570. The summed E-state index contributed by atoms with van der Waals surface area (Å²) in [5.41, 5.74) is 2.19. The molecule has 0 saturated carbocycles. The Balaban J connectivity index is 1.59. The Kier molecular flexibility index (Phi) is 7.52. The van der Waals surface area contributed by atoms with Gasteiger partial charge in [0, 0.05) is 19.2 Å². The number of esters is 1. The predicted molar refractivity (Wildman–Crippen MR) is 139 cm³/mol. The Morgan fingerprint density at radius 1 is 0.865 bits per heavy atom. The van der Waals surface area contributed by atoms with Crippen molar-refractivity contribution in [1.82, 2.24) is 14.5 Å². The number of carbonyl (C=O) groups is 2. The summed E-state index contributed by atoms with van der Waals surface area (Å²) in [6.45, 7) is 0.359. The summed E-state index contributed by atoms with van der Waals surface area (Å²) in [6, 6.07) is 19.1. The van der Waals surface area contributed by atoms with E-state index in [1.165, 1.54) is 17.7 Å². The number of rotatable bonds is 8. The van der Waals surface area contributed by atoms with Gasteiger partial charge in [-0.2, -0.15) is 0 Å². The van der Waals surface area contributed by atoms with E-state index in [1.54, 1.807) is 50.6 Å². The van der Waals surface area contributed by atoms with Gasteiger partial charge in [0.05, 0.1) is 38.1 Å². The molecular weight excluding hydrogens is 474 g/mol. The first kappa shape index (κ1) is 25.4. The number of ether oxygens (including phenoxy) is 2. The molecule has 0 unspecified atom stereocenters. The highest BCUT2D eigenvalue weighted by atomic mass is 16.5. The van der Waals surface area contributed by atoms with Crippen molar-refractivity contribution < 1.29 is 19.1 Å². The number of hydrogen-bond acceptors (Lipinski definition) is 6. The van der Waals surface area contributed by atoms with Gasteiger partial charge in [-0.15, -0.1) is 0 Å². The molecule has 1 aromatic heterocycles. The van der Waals surface area contributed by atoms with E-state index < -0.39 is 11.2 Å². The fourth-order valence-electron chi connectivity index (χ4n) is 4.01. The van der Waals surface area contributed by atoms with E-state index in [0.29, 0.717) is 17.6 Å². The lowest BCUT2D eigenvalue weighted by atomic mass is 10.1. The van der Waals surface area contributed by atoms with Gasteiger partial charge in [-0.1, -0.05) is 36.4 Å². The van der Waals surface area contributed by atoms with Gasteiger partial charge in [0.25, 0.3) is 11.5 Å². The maximum Gasteiger partial charge on any atom is 0.331 e. The molecule has 1 amide bonds. The summed E-state index contributed by atoms with van der Waals surface area (Å²) in [5.74, 6) is 0.0403. The second-order valence-electron chi connectivity index (χ2n) is 8.56. The Labute approximate surface area is 212 Å². The van der Waals surface area contributed by atoms with Gasteiger partial charge in [-0.3, -0.25) is 23.5 Å². The molecule has 37 heavy (non-hydrogen) atoms. The molecule has 4 aromatic rings. The third kappa shape index (κ3) is 5.61. The number of fused-ring (bicyclic) bond motifs is 1. The second-order valence-corrected chi connectivity index (χ2v) is 8.56. The highest BCUT2D eigenvalue weighted by Gasteiger charge is 2.15. The van der Waals surface area contributed by atoms with Crippen LogP contribution < -0.4 is 21.3 Å². The van der Waals surface area contributed by atoms with Crippen LogP contribution in [0.3, 0.4) is 0 Å². The Morgan fingerprint density at radius 3 is 2.16 bits per heavy atom. The first-order chi connectivity index (χ1) is 17.8. The van der Waals surface area contributed by atoms with Crippen molar-refractivity contribution in [3.8, 4) is 5.75 Å². The molecule has 0 radical (unpaired) electrons. The van der Waals surface area contributed by atoms with Crippen LogP contribution >= 0.6 is 0 Å². The average molecular weight is 502 g/mol. The van der Waals surface area contributed by atoms with E-state index in [-0.39, 0.29) is 30.2 Å². The SMILES string of the molecule is COC(=O)Cc1ccc(Cn2c(=O)c3cc(C(=O)NCc4ccc(OC)cc4)ccc3n(C)c2=O)cc1. The lowest BCUT2D eigenvalue weighted by Crippen LogP contribution is -2.39. The molecule has 0 fully saturated rings. The van der Waals surface area contributed by atoms with Gasteiger partial charge in [0.1, 0.15) is 5.75 Å². The number of aryl methyl sites for hydroxylation is 1. The molecule has 9 heteroatoms. The van der Waals surface area contributed by atoms with Gasteiger partial charge in [-0.25, -0.2) is 4.79 Å². The van der Waals surface area contributed by atoms with Crippen molar-refractivity contribution >= 4 is 22.8 Å². The monoisotopic (exact) mass is 501 g/mol. The Hall–Kier alpha value is -4.66. The molecule has 9 nitrogen and oxygen atoms in total. The fourth-order valence-corrected chi connectivity index (χ4v) is 4.01. The van der Waals surface area contributed by atoms with Gasteiger partial charge >= 0.3 is 11.7 Å². The van der Waals surface area contributed by atoms with Crippen molar-refractivity contribution in [3.05, 3.63) is 110 Å². The number of nitrogens with one attached hydrogen (secondary N) is 1. The molecule has 0 bridgehead atoms. The van der Waals surface area contributed by atoms with Crippen molar-refractivity contribution in [3.63, 3.8) is 0 Å². The summed E-state index contributed by atoms with van der Waals surface area (Å²) >= 11 is 0. The van der Waals surface area contributed by atoms with Crippen LogP contribution in [-0.2, 0) is 36.1 Å². The third-order valence-electron chi connectivity index (χ3n) is 6.17. The number of amides is 1. The smallest absolute Gasteiger partial charge is 0.331 e. The van der Waals surface area contributed by atoms with Crippen LogP contribution in [0.15, 0.2) is 76.3 Å². The molecule has 3 aromatic carbocycles. The second kappa shape index (κ2) is 10.9. The molecule has 0 aliphatic heterocycles. The van der Waals surface area contributed by atoms with Gasteiger partial charge < -0.3 is 14.8 Å². The molecule has 0 saturated heterocycles. The number of benzene rings is 3. The standard InChI is InChI=1S/C28H27N3O6/c1-30-24-13-10-21(26(33)29-16-19-8-11-22(36-2)12-9-19)15-23(24)27(34)31(28(30)35)17-20-6-4-18(5-7-20)14-25(32)37-3/h4-13,15H,14,16-17H2,1-3H3,(H,29,33). The summed E-state index contributed by atoms with van der Waals surface area (Å²) in [5, 5.41) is 3.12. The molecule has 1 N–H and O–H groups in total. The molecule has 1 heterocycles. The van der Waals surface area contributed by atoms with E-state index in [9.17, 15) is 19.2 Å². The van der Waals surface area contributed by atoms with Gasteiger partial charge in [-0.05, 0) is 47.0 Å². The van der Waals surface area contributed by atoms with Crippen molar-refractivity contribution in [1.29, 1.82) is 0 Å². The van der Waals surface area contributed by atoms with Crippen LogP contribution in [0, 0.1) is 0 Å². The summed E-state index contributed by atoms with van der Waals surface area (Å²) in [6.07, 6.45) is 0.137. The number of methoxy groups -OCH3 is 2. The lowest BCUT2D eigenvalue weighted by Gasteiger charge is -2.12. The van der Waals surface area contributed by atoms with E-state index in [4.69, 9.17) is 4.74 Å². The molecule has 0 aliphatic rings. The van der Waals surface area contributed by atoms with Gasteiger partial charge in [0.15, 0.2) is 0 Å². The summed E-state index contributed by atoms with van der Waals surface area (Å²) in [7, 11) is 4.50. The zero-order valence-electron chi connectivity index (χ0n) is 20.8. The predicted octanol–water partition coefficient (Wildman–Crippen LogP) is 2.40. The maximum atomic E-state index is 13.3. The van der Waals surface area contributed by atoms with Crippen LogP contribution in [0.4, 0.5) is 0 Å². The third-order valence-corrected chi connectivity index (χ3v) is 6.17. The fraction of sp³-hybridized carbons (Fsp3) is 0.214. The number of nitrogens with zero attached hydrogens (tertiary/aromatic N) is 2. The van der Waals surface area contributed by atoms with E-state index in [2.05, 4.69) is 10.1 Å². The van der Waals surface area contributed by atoms with E-state index >= 15 is 0 Å². The van der Waals surface area contributed by atoms with Crippen LogP contribution in [-0.4, -0.2) is 35.2 Å². The first-order valence-corrected chi connectivity index (χ1v) is 11.6. The minimum Gasteiger partial charge on any atom is -0.497 e. The molecule has 0 atom stereocenters. The van der Waals surface area contributed by atoms with Crippen molar-refractivity contribution in [2.24, 2.45) is 7.05 Å². The van der Waals surface area contributed by atoms with Crippen LogP contribution in [0.2, 0.25) is 0 Å². The molecular formula is C28H27N3O6. The number of hydrogen-bond donors (Lipinski definition) is 1. The van der Waals surface area contributed by atoms with Crippen LogP contribution in [0.1, 0.15) is 27.0 Å². The van der Waals surface area contributed by atoms with E-state index in [0.717, 1.165) is 27.0 Å². The quantitative estimate of drug-likeness (QED) is 0.372. The minimum absolute atomic E-state index is 0.0494. The average Bonchev–Trinajstić information content (AvgIpc) is 2.93. The van der Waals surface area contributed by atoms with Crippen LogP contribution in [0.25, 0.3) is 10.9 Å². The normalized spacial score (nSPS) is 10.8. The molecule has 0 spiro atoms. The van der Waals surface area contributed by atoms with Crippen molar-refractivity contribution in [2.75, 3.05) is 14.2 Å². The number of carbonyl (C=O) groups excluding carboxylic acids is 2. The molecule has 4 rings (SSSR count). The minimum atomic E-state index is -0.485. The summed E-state index contributed by atoms with van der Waals surface area (Å²) < 4.78 is 12.3. The van der Waals surface area contributed by atoms with Crippen LogP contribution in [0.5, 0.6) is 5.75 Å². The highest BCUT2D eigenvalue weighted by molar-refractivity contribution is 5.97. The van der Waals surface area contributed by atoms with E-state index in [1.807, 2.05) is 24.3 Å². The maximum absolute atomic E-state index is 13.3. The van der Waals surface area contributed by atoms with Gasteiger partial charge in [0.2, 0.25) is 0 Å². The topological polar surface area (TPSA) is 109 Å². The zero-order valence-corrected chi connectivity index (χ0v) is 20.8. The largest absolute Gasteiger partial charge is 0.497 e. The highest BCUT2D eigenvalue weighted by Crippen LogP contribution is 2.14. The summed E-state index contributed by atoms with van der Waals surface area (Å²) in [4.78, 5) is 50.6.